The van der Waals surface area contributed by atoms with Gasteiger partial charge in [0, 0.05) is 13.2 Å². The van der Waals surface area contributed by atoms with Crippen LogP contribution in [0.4, 0.5) is 5.82 Å². The smallest absolute Gasteiger partial charge is 0.247 e. The van der Waals surface area contributed by atoms with Crippen LogP contribution in [0.2, 0.25) is 0 Å². The van der Waals surface area contributed by atoms with Gasteiger partial charge in [-0.05, 0) is 12.1 Å². The Labute approximate surface area is 98.4 Å². The SMILES string of the molecule is CN(C(=O)CNC(=O)CCl)c1ccccn1. The first-order valence-electron chi connectivity index (χ1n) is 4.65. The fraction of sp³-hybridized carbons (Fsp3) is 0.300. The first kappa shape index (κ1) is 12.4. The molecule has 0 atom stereocenters. The molecule has 1 N–H and O–H groups in total. The van der Waals surface area contributed by atoms with E-state index in [1.807, 2.05) is 0 Å². The molecule has 2 amide bonds. The maximum atomic E-state index is 11.6. The van der Waals surface area contributed by atoms with E-state index in [0.717, 1.165) is 0 Å². The third-order valence-corrected chi connectivity index (χ3v) is 2.17. The van der Waals surface area contributed by atoms with Gasteiger partial charge in [0.15, 0.2) is 0 Å². The Hall–Kier alpha value is -1.62. The molecule has 0 aromatic carbocycles. The van der Waals surface area contributed by atoms with Crippen molar-refractivity contribution in [3.05, 3.63) is 24.4 Å². The van der Waals surface area contributed by atoms with Crippen molar-refractivity contribution in [2.75, 3.05) is 24.4 Å². The first-order chi connectivity index (χ1) is 7.65. The summed E-state index contributed by atoms with van der Waals surface area (Å²) >= 11 is 5.28. The molecule has 0 aliphatic carbocycles. The summed E-state index contributed by atoms with van der Waals surface area (Å²) in [6, 6.07) is 5.25. The summed E-state index contributed by atoms with van der Waals surface area (Å²) in [4.78, 5) is 27.8. The largest absolute Gasteiger partial charge is 0.346 e. The van der Waals surface area contributed by atoms with Crippen LogP contribution in [-0.2, 0) is 9.59 Å². The van der Waals surface area contributed by atoms with E-state index < -0.39 is 0 Å². The van der Waals surface area contributed by atoms with E-state index in [0.29, 0.717) is 5.82 Å². The zero-order valence-corrected chi connectivity index (χ0v) is 9.57. The fourth-order valence-corrected chi connectivity index (χ4v) is 1.11. The molecule has 0 radical (unpaired) electrons. The number of hydrogen-bond donors (Lipinski definition) is 1. The predicted molar refractivity (Wildman–Crippen MR) is 61.4 cm³/mol. The van der Waals surface area contributed by atoms with Gasteiger partial charge in [0.25, 0.3) is 0 Å². The van der Waals surface area contributed by atoms with E-state index >= 15 is 0 Å². The number of hydrogen-bond acceptors (Lipinski definition) is 3. The van der Waals surface area contributed by atoms with Gasteiger partial charge in [-0.1, -0.05) is 6.07 Å². The number of carbonyl (C=O) groups is 2. The number of amides is 2. The molecule has 0 aliphatic heterocycles. The Morgan fingerprint density at radius 1 is 1.50 bits per heavy atom. The summed E-state index contributed by atoms with van der Waals surface area (Å²) in [5.74, 6) is -0.241. The van der Waals surface area contributed by atoms with Gasteiger partial charge >= 0.3 is 0 Å². The van der Waals surface area contributed by atoms with Gasteiger partial charge in [0.1, 0.15) is 11.7 Å². The van der Waals surface area contributed by atoms with Crippen LogP contribution < -0.4 is 10.2 Å². The Morgan fingerprint density at radius 3 is 2.81 bits per heavy atom. The maximum absolute atomic E-state index is 11.6. The second-order valence-electron chi connectivity index (χ2n) is 3.05. The lowest BCUT2D eigenvalue weighted by molar-refractivity contribution is -0.123. The molecule has 0 aliphatic rings. The molecule has 16 heavy (non-hydrogen) atoms. The van der Waals surface area contributed by atoms with Gasteiger partial charge in [-0.2, -0.15) is 0 Å². The lowest BCUT2D eigenvalue weighted by Gasteiger charge is -2.15. The average Bonchev–Trinajstić information content (AvgIpc) is 2.35. The van der Waals surface area contributed by atoms with Gasteiger partial charge in [0.2, 0.25) is 11.8 Å². The first-order valence-corrected chi connectivity index (χ1v) is 5.19. The van der Waals surface area contributed by atoms with Gasteiger partial charge in [0.05, 0.1) is 6.54 Å². The number of aromatic nitrogens is 1. The summed E-state index contributed by atoms with van der Waals surface area (Å²) in [5, 5.41) is 2.39. The quantitative estimate of drug-likeness (QED) is 0.777. The number of rotatable bonds is 4. The molecule has 1 rings (SSSR count). The minimum Gasteiger partial charge on any atom is -0.346 e. The van der Waals surface area contributed by atoms with Crippen molar-refractivity contribution in [3.8, 4) is 0 Å². The number of pyridine rings is 1. The standard InChI is InChI=1S/C10H12ClN3O2/c1-14(8-4-2-3-5-12-8)10(16)7-13-9(15)6-11/h2-5H,6-7H2,1H3,(H,13,15). The molecule has 0 saturated carbocycles. The van der Waals surface area contributed by atoms with Gasteiger partial charge < -0.3 is 5.32 Å². The average molecular weight is 242 g/mol. The van der Waals surface area contributed by atoms with Crippen molar-refractivity contribution in [1.82, 2.24) is 10.3 Å². The van der Waals surface area contributed by atoms with Gasteiger partial charge in [-0.3, -0.25) is 14.5 Å². The molecular formula is C10H12ClN3O2. The maximum Gasteiger partial charge on any atom is 0.247 e. The van der Waals surface area contributed by atoms with E-state index in [-0.39, 0.29) is 24.2 Å². The van der Waals surface area contributed by atoms with Crippen molar-refractivity contribution in [2.45, 2.75) is 0 Å². The summed E-state index contributed by atoms with van der Waals surface area (Å²) in [7, 11) is 1.59. The van der Waals surface area contributed by atoms with E-state index in [1.54, 1.807) is 31.4 Å². The van der Waals surface area contributed by atoms with E-state index in [1.165, 1.54) is 4.90 Å². The minimum absolute atomic E-state index is 0.0847. The minimum atomic E-state index is -0.371. The molecule has 86 valence electrons. The van der Waals surface area contributed by atoms with Crippen LogP contribution in [0.25, 0.3) is 0 Å². The van der Waals surface area contributed by atoms with Crippen molar-refractivity contribution in [3.63, 3.8) is 0 Å². The van der Waals surface area contributed by atoms with E-state index in [2.05, 4.69) is 10.3 Å². The Kier molecular flexibility index (Phi) is 4.72. The highest BCUT2D eigenvalue weighted by Gasteiger charge is 2.12. The van der Waals surface area contributed by atoms with Crippen molar-refractivity contribution < 1.29 is 9.59 Å². The predicted octanol–water partition coefficient (Wildman–Crippen LogP) is 0.399. The topological polar surface area (TPSA) is 62.3 Å². The lowest BCUT2D eigenvalue weighted by Crippen LogP contribution is -2.38. The number of nitrogens with zero attached hydrogens (tertiary/aromatic N) is 2. The summed E-state index contributed by atoms with van der Waals surface area (Å²) in [5.41, 5.74) is 0. The fourth-order valence-electron chi connectivity index (χ4n) is 1.02. The van der Waals surface area contributed by atoms with Crippen LogP contribution in [0.15, 0.2) is 24.4 Å². The van der Waals surface area contributed by atoms with Crippen LogP contribution in [0.5, 0.6) is 0 Å². The number of alkyl halides is 1. The van der Waals surface area contributed by atoms with Gasteiger partial charge in [-0.25, -0.2) is 4.98 Å². The summed E-state index contributed by atoms with van der Waals surface area (Å²) in [6.07, 6.45) is 1.59. The van der Waals surface area contributed by atoms with Crippen LogP contribution in [-0.4, -0.2) is 36.3 Å². The highest BCUT2D eigenvalue weighted by Crippen LogP contribution is 2.05. The van der Waals surface area contributed by atoms with Crippen LogP contribution in [0, 0.1) is 0 Å². The van der Waals surface area contributed by atoms with Crippen molar-refractivity contribution in [2.24, 2.45) is 0 Å². The molecule has 0 unspecified atom stereocenters. The highest BCUT2D eigenvalue weighted by atomic mass is 35.5. The van der Waals surface area contributed by atoms with Gasteiger partial charge in [-0.15, -0.1) is 11.6 Å². The molecule has 0 spiro atoms. The molecule has 0 saturated heterocycles. The molecule has 0 fully saturated rings. The summed E-state index contributed by atoms with van der Waals surface area (Å²) in [6.45, 7) is -0.0847. The van der Waals surface area contributed by atoms with Crippen LogP contribution in [0.3, 0.4) is 0 Å². The molecule has 1 aromatic heterocycles. The number of likely N-dealkylation sites (N-methyl/N-ethyl adjacent to an activating group) is 1. The number of halogens is 1. The molecule has 6 heteroatoms. The second kappa shape index (κ2) is 6.07. The Balaban J connectivity index is 2.52. The monoisotopic (exact) mass is 241 g/mol. The molecule has 1 heterocycles. The third-order valence-electron chi connectivity index (χ3n) is 1.93. The van der Waals surface area contributed by atoms with Crippen molar-refractivity contribution >= 4 is 29.2 Å². The zero-order valence-electron chi connectivity index (χ0n) is 8.81. The second-order valence-corrected chi connectivity index (χ2v) is 3.32. The lowest BCUT2D eigenvalue weighted by atomic mass is 10.4. The van der Waals surface area contributed by atoms with E-state index in [9.17, 15) is 9.59 Å². The molecular weight excluding hydrogens is 230 g/mol. The third kappa shape index (κ3) is 3.51. The van der Waals surface area contributed by atoms with E-state index in [4.69, 9.17) is 11.6 Å². The van der Waals surface area contributed by atoms with Crippen molar-refractivity contribution in [1.29, 1.82) is 0 Å². The Morgan fingerprint density at radius 2 is 2.25 bits per heavy atom. The zero-order chi connectivity index (χ0) is 12.0. The molecule has 1 aromatic rings. The number of anilines is 1. The number of carbonyl (C=O) groups excluding carboxylic acids is 2. The molecule has 0 bridgehead atoms. The normalized spacial score (nSPS) is 9.62. The molecule has 5 nitrogen and oxygen atoms in total. The highest BCUT2D eigenvalue weighted by molar-refractivity contribution is 6.27. The summed E-state index contributed by atoms with van der Waals surface area (Å²) < 4.78 is 0. The van der Waals surface area contributed by atoms with Crippen LogP contribution >= 0.6 is 11.6 Å². The number of nitrogens with one attached hydrogen (secondary N) is 1. The Bertz CT molecular complexity index is 370. The van der Waals surface area contributed by atoms with Crippen LogP contribution in [0.1, 0.15) is 0 Å².